The van der Waals surface area contributed by atoms with Gasteiger partial charge in [0.15, 0.2) is 0 Å². The van der Waals surface area contributed by atoms with Crippen molar-refractivity contribution in [2.45, 2.75) is 13.0 Å². The fourth-order valence-corrected chi connectivity index (χ4v) is 2.47. The molecule has 0 radical (unpaired) electrons. The molecule has 3 N–H and O–H groups in total. The molecule has 22 heavy (non-hydrogen) atoms. The highest BCUT2D eigenvalue weighted by Crippen LogP contribution is 2.22. The Balaban J connectivity index is 1.79. The van der Waals surface area contributed by atoms with Gasteiger partial charge >= 0.3 is 0 Å². The van der Waals surface area contributed by atoms with Gasteiger partial charge in [0.1, 0.15) is 17.2 Å². The van der Waals surface area contributed by atoms with Crippen LogP contribution in [0, 0.1) is 0 Å². The fraction of sp³-hybridized carbons (Fsp3) is 0.250. The predicted octanol–water partition coefficient (Wildman–Crippen LogP) is 2.34. The first-order valence-electron chi connectivity index (χ1n) is 7.11. The highest BCUT2D eigenvalue weighted by Gasteiger charge is 2.08. The van der Waals surface area contributed by atoms with E-state index < -0.39 is 0 Å². The lowest BCUT2D eigenvalue weighted by Crippen LogP contribution is -2.16. The summed E-state index contributed by atoms with van der Waals surface area (Å²) in [7, 11) is 2.04. The van der Waals surface area contributed by atoms with Gasteiger partial charge in [0, 0.05) is 18.4 Å². The Bertz CT molecular complexity index is 789. The number of aromatic amines is 1. The average molecular weight is 297 g/mol. The number of hydrogen-bond donors (Lipinski definition) is 2. The molecule has 0 saturated carbocycles. The Morgan fingerprint density at radius 1 is 1.41 bits per heavy atom. The lowest BCUT2D eigenvalue weighted by atomic mass is 10.1. The van der Waals surface area contributed by atoms with Gasteiger partial charge in [0.2, 0.25) is 5.95 Å². The Hall–Kier alpha value is -2.60. The van der Waals surface area contributed by atoms with Crippen LogP contribution in [0.1, 0.15) is 17.1 Å². The lowest BCUT2D eigenvalue weighted by Gasteiger charge is -2.11. The zero-order chi connectivity index (χ0) is 15.5. The van der Waals surface area contributed by atoms with Crippen LogP contribution in [0.4, 0.5) is 5.95 Å². The second-order valence-corrected chi connectivity index (χ2v) is 5.39. The van der Waals surface area contributed by atoms with Crippen LogP contribution >= 0.6 is 0 Å². The second-order valence-electron chi connectivity index (χ2n) is 5.39. The third-order valence-electron chi connectivity index (χ3n) is 3.42. The molecule has 6 heteroatoms. The van der Waals surface area contributed by atoms with Gasteiger partial charge in [-0.2, -0.15) is 4.98 Å². The molecule has 2 aromatic heterocycles. The summed E-state index contributed by atoms with van der Waals surface area (Å²) < 4.78 is 5.86. The van der Waals surface area contributed by atoms with Crippen LogP contribution in [0.5, 0.6) is 0 Å². The number of aromatic nitrogens is 3. The number of hydrogen-bond acceptors (Lipinski definition) is 5. The third-order valence-corrected chi connectivity index (χ3v) is 3.42. The van der Waals surface area contributed by atoms with Crippen molar-refractivity contribution in [2.24, 2.45) is 0 Å². The maximum atomic E-state index is 5.86. The van der Waals surface area contributed by atoms with Crippen molar-refractivity contribution in [3.8, 4) is 0 Å². The molecule has 0 bridgehead atoms. The molecule has 0 aliphatic rings. The van der Waals surface area contributed by atoms with Crippen molar-refractivity contribution < 1.29 is 4.42 Å². The molecule has 3 rings (SSSR count). The Morgan fingerprint density at radius 2 is 2.27 bits per heavy atom. The van der Waals surface area contributed by atoms with Crippen LogP contribution in [0.25, 0.3) is 11.0 Å². The summed E-state index contributed by atoms with van der Waals surface area (Å²) in [6, 6.07) is 8.20. The molecule has 0 fully saturated rings. The van der Waals surface area contributed by atoms with Gasteiger partial charge in [-0.05, 0) is 30.8 Å². The molecule has 1 aromatic carbocycles. The van der Waals surface area contributed by atoms with E-state index in [2.05, 4.69) is 38.8 Å². The molecular formula is C16H19N5O. The molecule has 0 amide bonds. The predicted molar refractivity (Wildman–Crippen MR) is 86.3 cm³/mol. The van der Waals surface area contributed by atoms with Gasteiger partial charge in [0.25, 0.3) is 0 Å². The second kappa shape index (κ2) is 6.03. The van der Waals surface area contributed by atoms with Gasteiger partial charge in [-0.1, -0.05) is 12.1 Å². The SMILES string of the molecule is C=CCN(C)Cc1cc2cc(Cc3nc(N)n[nH]3)ccc2o1. The van der Waals surface area contributed by atoms with Crippen molar-refractivity contribution in [1.82, 2.24) is 20.1 Å². The zero-order valence-electron chi connectivity index (χ0n) is 12.5. The number of benzene rings is 1. The first-order chi connectivity index (χ1) is 10.6. The molecule has 0 aliphatic carbocycles. The standard InChI is InChI=1S/C16H19N5O/c1-3-6-21(2)10-13-9-12-7-11(4-5-14(12)22-13)8-15-18-16(17)20-19-15/h3-5,7,9H,1,6,8,10H2,2H3,(H3,17,18,19,20). The van der Waals surface area contributed by atoms with Crippen LogP contribution in [-0.2, 0) is 13.0 Å². The van der Waals surface area contributed by atoms with E-state index in [4.69, 9.17) is 10.2 Å². The van der Waals surface area contributed by atoms with Crippen LogP contribution in [0.2, 0.25) is 0 Å². The number of nitrogens with zero attached hydrogens (tertiary/aromatic N) is 3. The van der Waals surface area contributed by atoms with E-state index in [-0.39, 0.29) is 5.95 Å². The monoisotopic (exact) mass is 297 g/mol. The number of fused-ring (bicyclic) bond motifs is 1. The van der Waals surface area contributed by atoms with E-state index >= 15 is 0 Å². The maximum absolute atomic E-state index is 5.86. The number of likely N-dealkylation sites (N-methyl/N-ethyl adjacent to an activating group) is 1. The summed E-state index contributed by atoms with van der Waals surface area (Å²) in [5.74, 6) is 1.97. The lowest BCUT2D eigenvalue weighted by molar-refractivity contribution is 0.328. The average Bonchev–Trinajstić information content (AvgIpc) is 3.04. The molecule has 2 heterocycles. The van der Waals surface area contributed by atoms with Gasteiger partial charge < -0.3 is 10.2 Å². The summed E-state index contributed by atoms with van der Waals surface area (Å²) in [5, 5.41) is 7.75. The minimum absolute atomic E-state index is 0.270. The van der Waals surface area contributed by atoms with E-state index in [1.54, 1.807) is 0 Å². The van der Waals surface area contributed by atoms with E-state index in [1.165, 1.54) is 0 Å². The number of nitrogens with one attached hydrogen (secondary N) is 1. The number of anilines is 1. The van der Waals surface area contributed by atoms with Crippen molar-refractivity contribution in [3.05, 3.63) is 54.1 Å². The molecular weight excluding hydrogens is 278 g/mol. The van der Waals surface area contributed by atoms with E-state index in [1.807, 2.05) is 25.3 Å². The van der Waals surface area contributed by atoms with Crippen LogP contribution in [0.3, 0.4) is 0 Å². The minimum atomic E-state index is 0.270. The van der Waals surface area contributed by atoms with Crippen LogP contribution in [0.15, 0.2) is 41.3 Å². The van der Waals surface area contributed by atoms with Gasteiger partial charge in [-0.3, -0.25) is 10.00 Å². The van der Waals surface area contributed by atoms with E-state index in [0.29, 0.717) is 6.42 Å². The summed E-state index contributed by atoms with van der Waals surface area (Å²) >= 11 is 0. The summed E-state index contributed by atoms with van der Waals surface area (Å²) in [6.45, 7) is 5.33. The zero-order valence-corrected chi connectivity index (χ0v) is 12.5. The van der Waals surface area contributed by atoms with Crippen LogP contribution < -0.4 is 5.73 Å². The quantitative estimate of drug-likeness (QED) is 0.682. The first-order valence-corrected chi connectivity index (χ1v) is 7.11. The topological polar surface area (TPSA) is 84.0 Å². The highest BCUT2D eigenvalue weighted by molar-refractivity contribution is 5.78. The fourth-order valence-electron chi connectivity index (χ4n) is 2.47. The molecule has 114 valence electrons. The Morgan fingerprint density at radius 3 is 3.00 bits per heavy atom. The molecule has 3 aromatic rings. The van der Waals surface area contributed by atoms with E-state index in [0.717, 1.165) is 41.2 Å². The number of rotatable bonds is 6. The third kappa shape index (κ3) is 3.17. The molecule has 0 spiro atoms. The minimum Gasteiger partial charge on any atom is -0.460 e. The van der Waals surface area contributed by atoms with Crippen LogP contribution in [-0.4, -0.2) is 33.7 Å². The normalized spacial score (nSPS) is 11.4. The Labute approximate surface area is 128 Å². The van der Waals surface area contributed by atoms with Crippen molar-refractivity contribution >= 4 is 16.9 Å². The largest absolute Gasteiger partial charge is 0.460 e. The number of nitrogen functional groups attached to an aromatic ring is 1. The molecule has 0 unspecified atom stereocenters. The van der Waals surface area contributed by atoms with Crippen molar-refractivity contribution in [3.63, 3.8) is 0 Å². The molecule has 0 aliphatic heterocycles. The highest BCUT2D eigenvalue weighted by atomic mass is 16.3. The molecule has 0 saturated heterocycles. The molecule has 6 nitrogen and oxygen atoms in total. The Kier molecular flexibility index (Phi) is 3.93. The number of H-pyrrole nitrogens is 1. The summed E-state index contributed by atoms with van der Waals surface area (Å²) in [6.07, 6.45) is 2.54. The summed E-state index contributed by atoms with van der Waals surface area (Å²) in [5.41, 5.74) is 7.54. The first kappa shape index (κ1) is 14.3. The van der Waals surface area contributed by atoms with Crippen molar-refractivity contribution in [2.75, 3.05) is 19.3 Å². The maximum Gasteiger partial charge on any atom is 0.239 e. The molecule has 0 atom stereocenters. The smallest absolute Gasteiger partial charge is 0.239 e. The number of nitrogens with two attached hydrogens (primary N) is 1. The summed E-state index contributed by atoms with van der Waals surface area (Å²) in [4.78, 5) is 6.26. The van der Waals surface area contributed by atoms with Gasteiger partial charge in [0.05, 0.1) is 6.54 Å². The van der Waals surface area contributed by atoms with Gasteiger partial charge in [-0.15, -0.1) is 11.7 Å². The van der Waals surface area contributed by atoms with Gasteiger partial charge in [-0.25, -0.2) is 0 Å². The van der Waals surface area contributed by atoms with E-state index in [9.17, 15) is 0 Å². The number of furan rings is 1. The van der Waals surface area contributed by atoms with Crippen molar-refractivity contribution in [1.29, 1.82) is 0 Å².